The van der Waals surface area contributed by atoms with Crippen LogP contribution in [0.5, 0.6) is 0 Å². The number of likely N-dealkylation sites (N-methyl/N-ethyl adjacent to an activating group) is 1. The topological polar surface area (TPSA) is 32.5 Å². The maximum absolute atomic E-state index is 6.26. The summed E-state index contributed by atoms with van der Waals surface area (Å²) >= 11 is 6.26. The molecule has 0 aromatic heterocycles. The highest BCUT2D eigenvalue weighted by molar-refractivity contribution is 6.31. The summed E-state index contributed by atoms with van der Waals surface area (Å²) in [6.45, 7) is 7.15. The second kappa shape index (κ2) is 6.44. The number of aryl methyl sites for hydroxylation is 1. The Bertz CT molecular complexity index is 461. The molecular weight excluding hydrogens is 270 g/mol. The van der Waals surface area contributed by atoms with Gasteiger partial charge in [0, 0.05) is 36.7 Å². The molecule has 112 valence electrons. The minimum absolute atomic E-state index is 0.264. The molecule has 4 heteroatoms. The van der Waals surface area contributed by atoms with E-state index in [9.17, 15) is 0 Å². The highest BCUT2D eigenvalue weighted by atomic mass is 35.5. The van der Waals surface area contributed by atoms with E-state index in [4.69, 9.17) is 17.3 Å². The number of nitrogens with two attached hydrogens (primary N) is 1. The van der Waals surface area contributed by atoms with Crippen LogP contribution in [0.4, 0.5) is 0 Å². The largest absolute Gasteiger partial charge is 0.329 e. The van der Waals surface area contributed by atoms with Gasteiger partial charge in [-0.1, -0.05) is 30.7 Å². The van der Waals surface area contributed by atoms with Crippen molar-refractivity contribution < 1.29 is 0 Å². The minimum atomic E-state index is 0.264. The average Bonchev–Trinajstić information content (AvgIpc) is 2.77. The Hall–Kier alpha value is -0.610. The van der Waals surface area contributed by atoms with Gasteiger partial charge in [-0.25, -0.2) is 0 Å². The summed E-state index contributed by atoms with van der Waals surface area (Å²) in [7, 11) is 4.32. The van der Waals surface area contributed by atoms with Crippen molar-refractivity contribution in [2.24, 2.45) is 11.7 Å². The molecule has 0 aliphatic carbocycles. The van der Waals surface area contributed by atoms with Crippen LogP contribution >= 0.6 is 11.6 Å². The van der Waals surface area contributed by atoms with Crippen molar-refractivity contribution in [1.29, 1.82) is 0 Å². The average molecular weight is 296 g/mol. The lowest BCUT2D eigenvalue weighted by Crippen LogP contribution is -2.36. The molecule has 1 heterocycles. The van der Waals surface area contributed by atoms with E-state index in [2.05, 4.69) is 49.0 Å². The predicted molar refractivity (Wildman–Crippen MR) is 86.2 cm³/mol. The summed E-state index contributed by atoms with van der Waals surface area (Å²) in [6, 6.07) is 7.18. The van der Waals surface area contributed by atoms with Crippen LogP contribution in [0.3, 0.4) is 0 Å². The van der Waals surface area contributed by atoms with Crippen LogP contribution in [-0.2, 0) is 0 Å². The van der Waals surface area contributed by atoms with Crippen molar-refractivity contribution in [2.75, 3.05) is 33.7 Å². The molecule has 20 heavy (non-hydrogen) atoms. The highest BCUT2D eigenvalue weighted by Gasteiger charge is 2.34. The molecule has 0 bridgehead atoms. The van der Waals surface area contributed by atoms with E-state index >= 15 is 0 Å². The molecule has 0 saturated carbocycles. The molecule has 0 spiro atoms. The number of benzene rings is 1. The van der Waals surface area contributed by atoms with Crippen LogP contribution in [0.1, 0.15) is 24.1 Å². The van der Waals surface area contributed by atoms with Gasteiger partial charge < -0.3 is 10.6 Å². The molecule has 1 saturated heterocycles. The zero-order chi connectivity index (χ0) is 14.9. The third-order valence-corrected chi connectivity index (χ3v) is 4.92. The molecule has 3 unspecified atom stereocenters. The van der Waals surface area contributed by atoms with Gasteiger partial charge in [0.1, 0.15) is 0 Å². The molecule has 1 fully saturated rings. The van der Waals surface area contributed by atoms with Gasteiger partial charge in [-0.15, -0.1) is 0 Å². The molecule has 1 aromatic carbocycles. The molecule has 3 nitrogen and oxygen atoms in total. The maximum atomic E-state index is 6.26. The van der Waals surface area contributed by atoms with Crippen LogP contribution in [-0.4, -0.2) is 49.6 Å². The van der Waals surface area contributed by atoms with Crippen LogP contribution < -0.4 is 5.73 Å². The van der Waals surface area contributed by atoms with Gasteiger partial charge in [-0.3, -0.25) is 4.90 Å². The highest BCUT2D eigenvalue weighted by Crippen LogP contribution is 2.30. The lowest BCUT2D eigenvalue weighted by Gasteiger charge is -2.28. The molecule has 2 rings (SSSR count). The predicted octanol–water partition coefficient (Wildman–Crippen LogP) is 2.53. The normalized spacial score (nSPS) is 25.4. The van der Waals surface area contributed by atoms with Gasteiger partial charge >= 0.3 is 0 Å². The first-order chi connectivity index (χ1) is 9.43. The lowest BCUT2D eigenvalue weighted by atomic mass is 10.0. The monoisotopic (exact) mass is 295 g/mol. The van der Waals surface area contributed by atoms with Gasteiger partial charge in [0.25, 0.3) is 0 Å². The van der Waals surface area contributed by atoms with Crippen molar-refractivity contribution in [2.45, 2.75) is 25.9 Å². The van der Waals surface area contributed by atoms with Gasteiger partial charge in [0.05, 0.1) is 0 Å². The van der Waals surface area contributed by atoms with Crippen LogP contribution in [0.2, 0.25) is 5.02 Å². The second-order valence-electron chi connectivity index (χ2n) is 6.22. The van der Waals surface area contributed by atoms with Crippen molar-refractivity contribution in [3.8, 4) is 0 Å². The standard InChI is InChI=1S/C16H26ClN3/c1-11-5-6-13(7-14(11)17)15(8-18)20-9-12(2)16(10-20)19(3)4/h5-7,12,15-16H,8-10,18H2,1-4H3. The number of hydrogen-bond donors (Lipinski definition) is 1. The van der Waals surface area contributed by atoms with Crippen LogP contribution in [0.25, 0.3) is 0 Å². The Morgan fingerprint density at radius 2 is 2.10 bits per heavy atom. The van der Waals surface area contributed by atoms with Crippen molar-refractivity contribution in [1.82, 2.24) is 9.80 Å². The first kappa shape index (κ1) is 15.8. The quantitative estimate of drug-likeness (QED) is 0.926. The fourth-order valence-corrected chi connectivity index (χ4v) is 3.41. The van der Waals surface area contributed by atoms with E-state index in [0.717, 1.165) is 23.7 Å². The lowest BCUT2D eigenvalue weighted by molar-refractivity contribution is 0.219. The third-order valence-electron chi connectivity index (χ3n) is 4.51. The van der Waals surface area contributed by atoms with Crippen molar-refractivity contribution in [3.63, 3.8) is 0 Å². The van der Waals surface area contributed by atoms with E-state index < -0.39 is 0 Å². The first-order valence-electron chi connectivity index (χ1n) is 7.30. The maximum Gasteiger partial charge on any atom is 0.0471 e. The minimum Gasteiger partial charge on any atom is -0.329 e. The SMILES string of the molecule is Cc1ccc(C(CN)N2CC(C)C(N(C)C)C2)cc1Cl. The fourth-order valence-electron chi connectivity index (χ4n) is 3.23. The molecular formula is C16H26ClN3. The molecule has 1 aliphatic heterocycles. The van der Waals surface area contributed by atoms with E-state index in [-0.39, 0.29) is 6.04 Å². The molecule has 1 aromatic rings. The van der Waals surface area contributed by atoms with E-state index in [1.165, 1.54) is 5.56 Å². The molecule has 0 radical (unpaired) electrons. The van der Waals surface area contributed by atoms with Crippen LogP contribution in [0, 0.1) is 12.8 Å². The van der Waals surface area contributed by atoms with Crippen molar-refractivity contribution in [3.05, 3.63) is 34.3 Å². The van der Waals surface area contributed by atoms with Crippen LogP contribution in [0.15, 0.2) is 18.2 Å². The van der Waals surface area contributed by atoms with Gasteiger partial charge in [-0.05, 0) is 44.1 Å². The number of likely N-dealkylation sites (tertiary alicyclic amines) is 1. The Morgan fingerprint density at radius 1 is 1.40 bits per heavy atom. The van der Waals surface area contributed by atoms with E-state index in [1.54, 1.807) is 0 Å². The third kappa shape index (κ3) is 3.17. The summed E-state index contributed by atoms with van der Waals surface area (Å²) < 4.78 is 0. The van der Waals surface area contributed by atoms with E-state index in [1.807, 2.05) is 6.92 Å². The first-order valence-corrected chi connectivity index (χ1v) is 7.68. The Kier molecular flexibility index (Phi) is 5.08. The zero-order valence-electron chi connectivity index (χ0n) is 12.9. The molecule has 1 aliphatic rings. The smallest absolute Gasteiger partial charge is 0.0471 e. The van der Waals surface area contributed by atoms with Gasteiger partial charge in [-0.2, -0.15) is 0 Å². The molecule has 3 atom stereocenters. The van der Waals surface area contributed by atoms with E-state index in [0.29, 0.717) is 18.5 Å². The number of nitrogens with zero attached hydrogens (tertiary/aromatic N) is 2. The fraction of sp³-hybridized carbons (Fsp3) is 0.625. The number of rotatable bonds is 4. The summed E-state index contributed by atoms with van der Waals surface area (Å²) in [5.74, 6) is 0.667. The summed E-state index contributed by atoms with van der Waals surface area (Å²) in [6.07, 6.45) is 0. The summed E-state index contributed by atoms with van der Waals surface area (Å²) in [5, 5.41) is 0.831. The van der Waals surface area contributed by atoms with Gasteiger partial charge in [0.2, 0.25) is 0 Å². The molecule has 2 N–H and O–H groups in total. The Labute approximate surface area is 127 Å². The summed E-state index contributed by atoms with van der Waals surface area (Å²) in [4.78, 5) is 4.82. The number of hydrogen-bond acceptors (Lipinski definition) is 3. The van der Waals surface area contributed by atoms with Crippen molar-refractivity contribution >= 4 is 11.6 Å². The Balaban J connectivity index is 2.18. The Morgan fingerprint density at radius 3 is 2.60 bits per heavy atom. The second-order valence-corrected chi connectivity index (χ2v) is 6.63. The van der Waals surface area contributed by atoms with Gasteiger partial charge in [0.15, 0.2) is 0 Å². The molecule has 0 amide bonds. The number of halogens is 1. The zero-order valence-corrected chi connectivity index (χ0v) is 13.7. The summed E-state index contributed by atoms with van der Waals surface area (Å²) in [5.41, 5.74) is 8.39.